The monoisotopic (exact) mass is 452 g/mol. The Morgan fingerprint density at radius 1 is 1.06 bits per heavy atom. The van der Waals surface area contributed by atoms with Gasteiger partial charge in [0.25, 0.3) is 11.7 Å². The van der Waals surface area contributed by atoms with Crippen molar-refractivity contribution in [3.8, 4) is 0 Å². The van der Waals surface area contributed by atoms with Gasteiger partial charge in [0, 0.05) is 36.7 Å². The molecule has 33 heavy (non-hydrogen) atoms. The highest BCUT2D eigenvalue weighted by Gasteiger charge is 2.53. The predicted molar refractivity (Wildman–Crippen MR) is 126 cm³/mol. The van der Waals surface area contributed by atoms with Crippen LogP contribution in [0, 0.1) is 0 Å². The van der Waals surface area contributed by atoms with Gasteiger partial charge in [-0.15, -0.1) is 0 Å². The molecule has 2 amide bonds. The van der Waals surface area contributed by atoms with Crippen molar-refractivity contribution in [3.63, 3.8) is 0 Å². The third-order valence-corrected chi connectivity index (χ3v) is 6.60. The van der Waals surface area contributed by atoms with E-state index in [2.05, 4.69) is 31.1 Å². The molecule has 0 spiro atoms. The van der Waals surface area contributed by atoms with Crippen LogP contribution in [0.2, 0.25) is 0 Å². The van der Waals surface area contributed by atoms with Gasteiger partial charge in [-0.25, -0.2) is 4.39 Å². The molecule has 7 heteroatoms. The Bertz CT molecular complexity index is 978. The van der Waals surface area contributed by atoms with Gasteiger partial charge in [-0.1, -0.05) is 39.0 Å². The van der Waals surface area contributed by atoms with Crippen LogP contribution in [0.1, 0.15) is 57.6 Å². The van der Waals surface area contributed by atoms with Gasteiger partial charge in [-0.3, -0.25) is 19.5 Å². The van der Waals surface area contributed by atoms with Crippen molar-refractivity contribution in [2.75, 3.05) is 24.5 Å². The molecule has 2 atom stereocenters. The molecular weight excluding hydrogens is 419 g/mol. The zero-order chi connectivity index (χ0) is 23.6. The third kappa shape index (κ3) is 4.51. The summed E-state index contributed by atoms with van der Waals surface area (Å²) in [6.07, 6.45) is 5.98. The number of aromatic nitrogens is 1. The van der Waals surface area contributed by atoms with Crippen molar-refractivity contribution in [2.24, 2.45) is 0 Å². The summed E-state index contributed by atoms with van der Waals surface area (Å²) < 4.78 is 17.4. The lowest BCUT2D eigenvalue weighted by molar-refractivity contribution is -0.147. The molecule has 4 rings (SSSR count). The van der Waals surface area contributed by atoms with Gasteiger partial charge < -0.3 is 10.2 Å². The molecule has 1 aromatic carbocycles. The summed E-state index contributed by atoms with van der Waals surface area (Å²) in [4.78, 5) is 34.2. The van der Waals surface area contributed by atoms with Crippen LogP contribution < -0.4 is 10.2 Å². The summed E-state index contributed by atoms with van der Waals surface area (Å²) >= 11 is 0. The Kier molecular flexibility index (Phi) is 6.52. The van der Waals surface area contributed by atoms with Gasteiger partial charge in [0.05, 0.1) is 6.04 Å². The first-order valence-corrected chi connectivity index (χ1v) is 11.8. The zero-order valence-electron chi connectivity index (χ0n) is 19.7. The van der Waals surface area contributed by atoms with Crippen molar-refractivity contribution in [3.05, 3.63) is 59.9 Å². The van der Waals surface area contributed by atoms with Crippen LogP contribution in [-0.4, -0.2) is 47.4 Å². The maximum absolute atomic E-state index is 17.4. The van der Waals surface area contributed by atoms with Crippen LogP contribution in [0.25, 0.3) is 0 Å². The molecule has 2 aliphatic heterocycles. The van der Waals surface area contributed by atoms with Crippen LogP contribution in [0.4, 0.5) is 10.1 Å². The molecule has 1 aromatic heterocycles. The Morgan fingerprint density at radius 3 is 2.30 bits per heavy atom. The predicted octanol–water partition coefficient (Wildman–Crippen LogP) is 3.91. The molecule has 0 bridgehead atoms. The number of rotatable bonds is 5. The highest BCUT2D eigenvalue weighted by atomic mass is 19.1. The van der Waals surface area contributed by atoms with Gasteiger partial charge in [0.1, 0.15) is 0 Å². The summed E-state index contributed by atoms with van der Waals surface area (Å²) in [6.45, 7) is 7.95. The number of alkyl halides is 1. The van der Waals surface area contributed by atoms with Crippen molar-refractivity contribution in [2.45, 2.75) is 63.7 Å². The van der Waals surface area contributed by atoms with E-state index in [0.717, 1.165) is 29.7 Å². The molecule has 2 fully saturated rings. The number of hydrogen-bond donors (Lipinski definition) is 1. The molecule has 0 saturated carbocycles. The molecule has 2 saturated heterocycles. The van der Waals surface area contributed by atoms with E-state index in [4.69, 9.17) is 0 Å². The van der Waals surface area contributed by atoms with Crippen molar-refractivity contribution in [1.82, 2.24) is 15.2 Å². The van der Waals surface area contributed by atoms with E-state index in [1.807, 2.05) is 12.1 Å². The third-order valence-electron chi connectivity index (χ3n) is 6.60. The van der Waals surface area contributed by atoms with Crippen LogP contribution >= 0.6 is 0 Å². The Morgan fingerprint density at radius 2 is 1.76 bits per heavy atom. The maximum atomic E-state index is 17.4. The second-order valence-corrected chi connectivity index (χ2v) is 9.98. The maximum Gasteiger partial charge on any atom is 0.295 e. The van der Waals surface area contributed by atoms with Crippen molar-refractivity contribution < 1.29 is 14.0 Å². The largest absolute Gasteiger partial charge is 0.338 e. The SMILES string of the molecule is CC(C)(C)c1ccc(N(C(=O)C2CCCN2)C(F)(C(=O)N2CCCC2)c2cccnc2)cc1. The molecule has 3 heterocycles. The normalized spacial score (nSPS) is 20.5. The number of hydrogen-bond acceptors (Lipinski definition) is 4. The number of amides is 2. The molecule has 1 N–H and O–H groups in total. The fraction of sp³-hybridized carbons (Fsp3) is 0.500. The molecule has 2 unspecified atom stereocenters. The van der Waals surface area contributed by atoms with E-state index in [-0.39, 0.29) is 11.0 Å². The summed E-state index contributed by atoms with van der Waals surface area (Å²) in [5.74, 6) is -3.84. The quantitative estimate of drug-likeness (QED) is 0.699. The van der Waals surface area contributed by atoms with E-state index in [9.17, 15) is 9.59 Å². The van der Waals surface area contributed by atoms with Gasteiger partial charge in [-0.2, -0.15) is 0 Å². The number of nitrogens with one attached hydrogen (secondary N) is 1. The van der Waals surface area contributed by atoms with Crippen LogP contribution in [0.5, 0.6) is 0 Å². The van der Waals surface area contributed by atoms with E-state index < -0.39 is 23.6 Å². The summed E-state index contributed by atoms with van der Waals surface area (Å²) in [6, 6.07) is 9.90. The van der Waals surface area contributed by atoms with E-state index in [0.29, 0.717) is 31.7 Å². The van der Waals surface area contributed by atoms with Crippen LogP contribution in [0.3, 0.4) is 0 Å². The number of carbonyl (C=O) groups is 2. The molecule has 2 aliphatic rings. The first kappa shape index (κ1) is 23.4. The lowest BCUT2D eigenvalue weighted by Crippen LogP contribution is -2.60. The summed E-state index contributed by atoms with van der Waals surface area (Å²) in [5, 5.41) is 3.18. The number of anilines is 1. The Hall–Kier alpha value is -2.80. The lowest BCUT2D eigenvalue weighted by Gasteiger charge is -2.40. The van der Waals surface area contributed by atoms with Crippen molar-refractivity contribution in [1.29, 1.82) is 0 Å². The summed E-state index contributed by atoms with van der Waals surface area (Å²) in [7, 11) is 0. The number of carbonyl (C=O) groups excluding carboxylic acids is 2. The van der Waals surface area contributed by atoms with E-state index in [1.54, 1.807) is 18.2 Å². The number of likely N-dealkylation sites (tertiary alicyclic amines) is 1. The fourth-order valence-corrected chi connectivity index (χ4v) is 4.66. The van der Waals surface area contributed by atoms with Crippen molar-refractivity contribution >= 4 is 17.5 Å². The van der Waals surface area contributed by atoms with Gasteiger partial charge in [-0.05, 0) is 61.4 Å². The minimum absolute atomic E-state index is 0.0631. The minimum atomic E-state index is -2.69. The van der Waals surface area contributed by atoms with Gasteiger partial charge >= 0.3 is 0 Å². The average molecular weight is 453 g/mol. The summed E-state index contributed by atoms with van der Waals surface area (Å²) in [5.41, 5.74) is 1.39. The van der Waals surface area contributed by atoms with Gasteiger partial charge in [0.15, 0.2) is 0 Å². The molecular formula is C26H33FN4O2. The number of halogens is 1. The van der Waals surface area contributed by atoms with Gasteiger partial charge in [0.2, 0.25) is 5.91 Å². The number of benzene rings is 1. The molecule has 0 radical (unpaired) electrons. The zero-order valence-corrected chi connectivity index (χ0v) is 19.7. The highest BCUT2D eigenvalue weighted by Crippen LogP contribution is 2.39. The highest BCUT2D eigenvalue weighted by molar-refractivity contribution is 6.05. The first-order valence-electron chi connectivity index (χ1n) is 11.8. The molecule has 0 aliphatic carbocycles. The lowest BCUT2D eigenvalue weighted by atomic mass is 9.87. The number of nitrogens with zero attached hydrogens (tertiary/aromatic N) is 3. The standard InChI is InChI=1S/C26H33FN4O2/c1-25(2,3)19-10-12-21(13-11-19)31(23(32)22-9-7-15-29-22)26(27,20-8-6-14-28-18-20)24(33)30-16-4-5-17-30/h6,8,10-14,18,22,29H,4-5,7,9,15-17H2,1-3H3. The second-order valence-electron chi connectivity index (χ2n) is 9.98. The van der Waals surface area contributed by atoms with E-state index in [1.165, 1.54) is 23.4 Å². The van der Waals surface area contributed by atoms with Crippen LogP contribution in [-0.2, 0) is 20.8 Å². The molecule has 6 nitrogen and oxygen atoms in total. The minimum Gasteiger partial charge on any atom is -0.338 e. The average Bonchev–Trinajstić information content (AvgIpc) is 3.53. The Labute approximate surface area is 195 Å². The van der Waals surface area contributed by atoms with Crippen LogP contribution in [0.15, 0.2) is 48.8 Å². The molecule has 2 aromatic rings. The van der Waals surface area contributed by atoms with E-state index >= 15 is 4.39 Å². The fourth-order valence-electron chi connectivity index (χ4n) is 4.66. The topological polar surface area (TPSA) is 65.5 Å². The number of pyridine rings is 1. The smallest absolute Gasteiger partial charge is 0.295 e. The molecule has 176 valence electrons. The Balaban J connectivity index is 1.86. The second kappa shape index (κ2) is 9.21. The first-order chi connectivity index (χ1) is 15.7.